The smallest absolute Gasteiger partial charge is 0.255 e. The maximum atomic E-state index is 13.3. The summed E-state index contributed by atoms with van der Waals surface area (Å²) in [6.45, 7) is 0.845. The van der Waals surface area contributed by atoms with Gasteiger partial charge in [-0.2, -0.15) is 4.39 Å². The minimum Gasteiger partial charge on any atom is -0.491 e. The Morgan fingerprint density at radius 1 is 1.33 bits per heavy atom. The van der Waals surface area contributed by atoms with Crippen molar-refractivity contribution < 1.29 is 13.9 Å². The van der Waals surface area contributed by atoms with Crippen molar-refractivity contribution in [1.29, 1.82) is 0 Å². The maximum Gasteiger partial charge on any atom is 0.255 e. The molecule has 3 N–H and O–H groups in total. The second kappa shape index (κ2) is 5.33. The van der Waals surface area contributed by atoms with Gasteiger partial charge < -0.3 is 15.8 Å². The number of amides is 1. The Morgan fingerprint density at radius 3 is 2.95 bits per heavy atom. The van der Waals surface area contributed by atoms with Crippen molar-refractivity contribution in [2.24, 2.45) is 0 Å². The van der Waals surface area contributed by atoms with Crippen molar-refractivity contribution in [3.05, 3.63) is 40.2 Å². The predicted octanol–water partition coefficient (Wildman–Crippen LogP) is 2.35. The van der Waals surface area contributed by atoms with Gasteiger partial charge in [-0.1, -0.05) is 6.07 Å². The van der Waals surface area contributed by atoms with Crippen LogP contribution in [0.3, 0.4) is 0 Å². The lowest BCUT2D eigenvalue weighted by atomic mass is 10.0. The summed E-state index contributed by atoms with van der Waals surface area (Å²) in [5.41, 5.74) is 7.50. The Bertz CT molecular complexity index is 736. The van der Waals surface area contributed by atoms with Gasteiger partial charge in [0, 0.05) is 5.56 Å². The zero-order valence-electron chi connectivity index (χ0n) is 10.8. The normalized spacial score (nSPS) is 13.9. The van der Waals surface area contributed by atoms with Gasteiger partial charge >= 0.3 is 0 Å². The molecule has 3 rings (SSSR count). The molecule has 0 radical (unpaired) electrons. The Morgan fingerprint density at radius 2 is 2.14 bits per heavy atom. The number of nitrogens with one attached hydrogen (secondary N) is 1. The van der Waals surface area contributed by atoms with Crippen molar-refractivity contribution in [3.8, 4) is 16.9 Å². The van der Waals surface area contributed by atoms with Gasteiger partial charge in [0.25, 0.3) is 5.91 Å². The van der Waals surface area contributed by atoms with Gasteiger partial charge in [-0.05, 0) is 39.7 Å². The Labute approximate surface area is 128 Å². The molecule has 0 spiro atoms. The van der Waals surface area contributed by atoms with E-state index >= 15 is 0 Å². The van der Waals surface area contributed by atoms with E-state index < -0.39 is 5.95 Å². The second-order valence-electron chi connectivity index (χ2n) is 4.51. The number of pyridine rings is 1. The second-order valence-corrected chi connectivity index (χ2v) is 5.36. The number of carbonyl (C=O) groups is 1. The number of nitrogen functional groups attached to an aromatic ring is 1. The molecular formula is C14H11BrFN3O2. The molecule has 108 valence electrons. The maximum absolute atomic E-state index is 13.3. The van der Waals surface area contributed by atoms with E-state index in [2.05, 4.69) is 26.2 Å². The first-order valence-electron chi connectivity index (χ1n) is 6.23. The van der Waals surface area contributed by atoms with Crippen molar-refractivity contribution in [2.45, 2.75) is 0 Å². The zero-order chi connectivity index (χ0) is 15.0. The highest BCUT2D eigenvalue weighted by molar-refractivity contribution is 9.10. The summed E-state index contributed by atoms with van der Waals surface area (Å²) in [6, 6.07) is 6.64. The molecule has 0 saturated heterocycles. The number of halogens is 2. The third-order valence-electron chi connectivity index (χ3n) is 3.15. The summed E-state index contributed by atoms with van der Waals surface area (Å²) < 4.78 is 19.1. The van der Waals surface area contributed by atoms with E-state index in [0.29, 0.717) is 35.6 Å². The molecule has 1 aliphatic rings. The quantitative estimate of drug-likeness (QED) is 0.773. The van der Waals surface area contributed by atoms with Crippen LogP contribution in [0, 0.1) is 5.95 Å². The van der Waals surface area contributed by atoms with Crippen molar-refractivity contribution in [1.82, 2.24) is 10.3 Å². The fourth-order valence-corrected chi connectivity index (χ4v) is 2.45. The van der Waals surface area contributed by atoms with Gasteiger partial charge in [0.1, 0.15) is 18.2 Å². The molecule has 21 heavy (non-hydrogen) atoms. The fourth-order valence-electron chi connectivity index (χ4n) is 2.13. The number of ether oxygens (including phenoxy) is 1. The monoisotopic (exact) mass is 351 g/mol. The average molecular weight is 352 g/mol. The molecule has 0 aliphatic carbocycles. The molecule has 5 nitrogen and oxygen atoms in total. The summed E-state index contributed by atoms with van der Waals surface area (Å²) in [7, 11) is 0. The van der Waals surface area contributed by atoms with Crippen LogP contribution in [0.4, 0.5) is 10.2 Å². The lowest BCUT2D eigenvalue weighted by Gasteiger charge is -2.10. The summed E-state index contributed by atoms with van der Waals surface area (Å²) in [4.78, 5) is 15.5. The van der Waals surface area contributed by atoms with Gasteiger partial charge in [-0.15, -0.1) is 0 Å². The molecule has 1 amide bonds. The lowest BCUT2D eigenvalue weighted by Crippen LogP contribution is -2.24. The van der Waals surface area contributed by atoms with E-state index in [-0.39, 0.29) is 16.2 Å². The highest BCUT2D eigenvalue weighted by Crippen LogP contribution is 2.33. The van der Waals surface area contributed by atoms with E-state index in [1.165, 1.54) is 0 Å². The Balaban J connectivity index is 2.11. The highest BCUT2D eigenvalue weighted by atomic mass is 79.9. The molecule has 0 unspecified atom stereocenters. The molecule has 0 bridgehead atoms. The van der Waals surface area contributed by atoms with Gasteiger partial charge in [0.05, 0.1) is 16.6 Å². The summed E-state index contributed by atoms with van der Waals surface area (Å²) in [5, 5.41) is 2.73. The number of carbonyl (C=O) groups excluding carboxylic acids is 1. The predicted molar refractivity (Wildman–Crippen MR) is 79.6 cm³/mol. The third kappa shape index (κ3) is 2.56. The first kappa shape index (κ1) is 13.8. The number of nitrogens with zero attached hydrogens (tertiary/aromatic N) is 1. The van der Waals surface area contributed by atoms with Crippen LogP contribution in [-0.2, 0) is 0 Å². The number of benzene rings is 1. The summed E-state index contributed by atoms with van der Waals surface area (Å²) in [5.74, 6) is -0.293. The standard InChI is InChI=1S/C14H11BrFN3O2/c15-10-6-9(13(17)19-12(10)16)7-1-2-8-11(5-7)21-4-3-18-14(8)20/h1-2,5-6H,3-4H2,(H2,17,19)(H,18,20). The van der Waals surface area contributed by atoms with Crippen LogP contribution in [0.2, 0.25) is 0 Å². The number of hydrogen-bond acceptors (Lipinski definition) is 4. The Hall–Kier alpha value is -2.15. The number of rotatable bonds is 1. The van der Waals surface area contributed by atoms with Crippen LogP contribution in [0.1, 0.15) is 10.4 Å². The largest absolute Gasteiger partial charge is 0.491 e. The molecule has 1 aromatic carbocycles. The average Bonchev–Trinajstić information content (AvgIpc) is 2.64. The molecule has 7 heteroatoms. The van der Waals surface area contributed by atoms with E-state index in [0.717, 1.165) is 0 Å². The number of aromatic nitrogens is 1. The number of nitrogens with two attached hydrogens (primary N) is 1. The van der Waals surface area contributed by atoms with Gasteiger partial charge in [0.15, 0.2) is 0 Å². The summed E-state index contributed by atoms with van der Waals surface area (Å²) >= 11 is 3.09. The van der Waals surface area contributed by atoms with Crippen molar-refractivity contribution >= 4 is 27.7 Å². The highest BCUT2D eigenvalue weighted by Gasteiger charge is 2.18. The van der Waals surface area contributed by atoms with Gasteiger partial charge in [-0.3, -0.25) is 4.79 Å². The van der Waals surface area contributed by atoms with Crippen molar-refractivity contribution in [2.75, 3.05) is 18.9 Å². The van der Waals surface area contributed by atoms with Crippen LogP contribution in [0.25, 0.3) is 11.1 Å². The van der Waals surface area contributed by atoms with E-state index in [1.807, 2.05) is 0 Å². The van der Waals surface area contributed by atoms with E-state index in [9.17, 15) is 9.18 Å². The number of hydrogen-bond donors (Lipinski definition) is 2. The molecule has 0 atom stereocenters. The SMILES string of the molecule is Nc1nc(F)c(Br)cc1-c1ccc2c(c1)OCCNC2=O. The molecule has 1 aromatic heterocycles. The minimum absolute atomic E-state index is 0.0775. The van der Waals surface area contributed by atoms with Gasteiger partial charge in [0.2, 0.25) is 5.95 Å². The van der Waals surface area contributed by atoms with Crippen LogP contribution in [0.5, 0.6) is 5.75 Å². The topological polar surface area (TPSA) is 77.2 Å². The van der Waals surface area contributed by atoms with Crippen LogP contribution < -0.4 is 15.8 Å². The number of fused-ring (bicyclic) bond motifs is 1. The van der Waals surface area contributed by atoms with Crippen LogP contribution in [0.15, 0.2) is 28.7 Å². The third-order valence-corrected chi connectivity index (χ3v) is 3.70. The Kier molecular flexibility index (Phi) is 3.50. The first-order chi connectivity index (χ1) is 10.1. The minimum atomic E-state index is -0.665. The van der Waals surface area contributed by atoms with Crippen molar-refractivity contribution in [3.63, 3.8) is 0 Å². The lowest BCUT2D eigenvalue weighted by molar-refractivity contribution is 0.0957. The number of anilines is 1. The molecule has 1 aliphatic heterocycles. The van der Waals surface area contributed by atoms with Gasteiger partial charge in [-0.25, -0.2) is 4.98 Å². The summed E-state index contributed by atoms with van der Waals surface area (Å²) in [6.07, 6.45) is 0. The molecule has 0 saturated carbocycles. The van der Waals surface area contributed by atoms with Crippen LogP contribution in [-0.4, -0.2) is 24.0 Å². The zero-order valence-corrected chi connectivity index (χ0v) is 12.4. The first-order valence-corrected chi connectivity index (χ1v) is 7.02. The van der Waals surface area contributed by atoms with E-state index in [4.69, 9.17) is 10.5 Å². The van der Waals surface area contributed by atoms with E-state index in [1.54, 1.807) is 24.3 Å². The van der Waals surface area contributed by atoms with Crippen LogP contribution >= 0.6 is 15.9 Å². The molecule has 2 heterocycles. The molecule has 0 fully saturated rings. The molecule has 2 aromatic rings. The molecular weight excluding hydrogens is 341 g/mol. The fraction of sp³-hybridized carbons (Fsp3) is 0.143.